The lowest BCUT2D eigenvalue weighted by molar-refractivity contribution is -0.147. The quantitative estimate of drug-likeness (QED) is 0.655. The minimum absolute atomic E-state index is 0.00577. The fraction of sp³-hybridized carbons (Fsp3) is 0.636. The van der Waals surface area contributed by atoms with Gasteiger partial charge in [-0.2, -0.15) is 0 Å². The van der Waals surface area contributed by atoms with Crippen molar-refractivity contribution in [2.75, 3.05) is 26.2 Å². The molecular weight excluding hydrogens is 211 g/mol. The average Bonchev–Trinajstić information content (AvgIpc) is 2.14. The topological polar surface area (TPSA) is 40.6 Å². The van der Waals surface area contributed by atoms with Crippen LogP contribution in [0, 0.1) is 5.92 Å². The summed E-state index contributed by atoms with van der Waals surface area (Å²) in [6.45, 7) is 3.13. The van der Waals surface area contributed by atoms with Gasteiger partial charge in [-0.3, -0.25) is 9.59 Å². The van der Waals surface area contributed by atoms with Crippen molar-refractivity contribution in [2.45, 2.75) is 13.3 Å². The van der Waals surface area contributed by atoms with Crippen LogP contribution in [0.3, 0.4) is 0 Å². The molecule has 88 valence electrons. The number of hydrogen-bond donors (Lipinski definition) is 0. The van der Waals surface area contributed by atoms with Crippen molar-refractivity contribution >= 4 is 11.8 Å². The first-order valence-electron chi connectivity index (χ1n) is 5.47. The van der Waals surface area contributed by atoms with Gasteiger partial charge in [0.15, 0.2) is 0 Å². The zero-order valence-corrected chi connectivity index (χ0v) is 9.28. The molecule has 1 saturated heterocycles. The number of rotatable bonds is 1. The maximum Gasteiger partial charge on any atom is 0.229 e. The largest absolute Gasteiger partial charge is 0.341 e. The summed E-state index contributed by atoms with van der Waals surface area (Å²) in [7, 11) is 0. The third-order valence-corrected chi connectivity index (χ3v) is 3.09. The van der Waals surface area contributed by atoms with Crippen molar-refractivity contribution in [3.8, 4) is 0 Å². The van der Waals surface area contributed by atoms with Crippen LogP contribution in [-0.4, -0.2) is 47.8 Å². The molecule has 0 aromatic rings. The molecule has 0 aromatic heterocycles. The van der Waals surface area contributed by atoms with E-state index in [1.165, 1.54) is 17.9 Å². The Labute approximate surface area is 93.7 Å². The first-order chi connectivity index (χ1) is 7.58. The summed E-state index contributed by atoms with van der Waals surface area (Å²) in [6.07, 6.45) is 2.10. The van der Waals surface area contributed by atoms with Crippen LogP contribution in [0.5, 0.6) is 0 Å². The van der Waals surface area contributed by atoms with Crippen molar-refractivity contribution in [3.05, 3.63) is 11.9 Å². The minimum atomic E-state index is -0.234. The molecule has 16 heavy (non-hydrogen) atoms. The molecule has 0 saturated carbocycles. The third kappa shape index (κ3) is 2.08. The lowest BCUT2D eigenvalue weighted by atomic mass is 9.98. The second kappa shape index (κ2) is 4.23. The van der Waals surface area contributed by atoms with E-state index in [0.29, 0.717) is 26.1 Å². The van der Waals surface area contributed by atoms with E-state index in [4.69, 9.17) is 0 Å². The van der Waals surface area contributed by atoms with Gasteiger partial charge in [-0.1, -0.05) is 0 Å². The summed E-state index contributed by atoms with van der Waals surface area (Å²) in [5.74, 6) is -0.397. The number of nitrogens with zero attached hydrogens (tertiary/aromatic N) is 2. The van der Waals surface area contributed by atoms with Crippen LogP contribution in [0.2, 0.25) is 0 Å². The van der Waals surface area contributed by atoms with Gasteiger partial charge in [-0.25, -0.2) is 4.39 Å². The standard InChI is InChI=1S/C11H15FN2O2/c1-8(15)14-5-9(6-14)11(16)13-4-2-3-10(12)7-13/h3,9H,2,4-7H2,1H3. The number of carbonyl (C=O) groups excluding carboxylic acids is 2. The van der Waals surface area contributed by atoms with E-state index in [9.17, 15) is 14.0 Å². The van der Waals surface area contributed by atoms with Gasteiger partial charge in [0, 0.05) is 26.6 Å². The summed E-state index contributed by atoms with van der Waals surface area (Å²) in [5.41, 5.74) is 0. The van der Waals surface area contributed by atoms with Crippen molar-refractivity contribution < 1.29 is 14.0 Å². The van der Waals surface area contributed by atoms with Gasteiger partial charge >= 0.3 is 0 Å². The van der Waals surface area contributed by atoms with Crippen molar-refractivity contribution in [2.24, 2.45) is 5.92 Å². The monoisotopic (exact) mass is 226 g/mol. The molecule has 2 rings (SSSR count). The van der Waals surface area contributed by atoms with Gasteiger partial charge in [-0.05, 0) is 12.5 Å². The Kier molecular flexibility index (Phi) is 2.94. The molecule has 0 aliphatic carbocycles. The molecule has 2 heterocycles. The summed E-state index contributed by atoms with van der Waals surface area (Å²) in [5, 5.41) is 0. The van der Waals surface area contributed by atoms with E-state index >= 15 is 0 Å². The van der Waals surface area contributed by atoms with Gasteiger partial charge in [0.1, 0.15) is 5.83 Å². The number of carbonyl (C=O) groups is 2. The summed E-state index contributed by atoms with van der Waals surface area (Å²) in [6, 6.07) is 0. The van der Waals surface area contributed by atoms with Gasteiger partial charge < -0.3 is 9.80 Å². The highest BCUT2D eigenvalue weighted by Gasteiger charge is 2.37. The normalized spacial score (nSPS) is 21.5. The fourth-order valence-electron chi connectivity index (χ4n) is 2.04. The SMILES string of the molecule is CC(=O)N1CC(C(=O)N2CCC=C(F)C2)C1. The first kappa shape index (κ1) is 11.1. The van der Waals surface area contributed by atoms with Crippen LogP contribution in [0.1, 0.15) is 13.3 Å². The highest BCUT2D eigenvalue weighted by atomic mass is 19.1. The predicted molar refractivity (Wildman–Crippen MR) is 56.1 cm³/mol. The van der Waals surface area contributed by atoms with Crippen LogP contribution in [-0.2, 0) is 9.59 Å². The molecule has 0 bridgehead atoms. The summed E-state index contributed by atoms with van der Waals surface area (Å²) >= 11 is 0. The van der Waals surface area contributed by atoms with Crippen LogP contribution < -0.4 is 0 Å². The predicted octanol–water partition coefficient (Wildman–Crippen LogP) is 0.550. The second-order valence-corrected chi connectivity index (χ2v) is 4.32. The zero-order valence-electron chi connectivity index (χ0n) is 9.28. The Bertz CT molecular complexity index is 348. The van der Waals surface area contributed by atoms with Crippen molar-refractivity contribution in [1.82, 2.24) is 9.80 Å². The molecule has 2 aliphatic heterocycles. The van der Waals surface area contributed by atoms with Gasteiger partial charge in [0.2, 0.25) is 11.8 Å². The summed E-state index contributed by atoms with van der Waals surface area (Å²) in [4.78, 5) is 26.0. The molecule has 0 spiro atoms. The lowest BCUT2D eigenvalue weighted by Gasteiger charge is -2.40. The molecule has 4 nitrogen and oxygen atoms in total. The molecule has 5 heteroatoms. The van der Waals surface area contributed by atoms with Crippen molar-refractivity contribution in [1.29, 1.82) is 0 Å². The number of likely N-dealkylation sites (tertiary alicyclic amines) is 1. The molecule has 2 aliphatic rings. The molecule has 0 atom stereocenters. The third-order valence-electron chi connectivity index (χ3n) is 3.09. The average molecular weight is 226 g/mol. The Morgan fingerprint density at radius 3 is 2.62 bits per heavy atom. The minimum Gasteiger partial charge on any atom is -0.341 e. The Hall–Kier alpha value is -1.39. The van der Waals surface area contributed by atoms with E-state index in [1.807, 2.05) is 0 Å². The number of hydrogen-bond acceptors (Lipinski definition) is 2. The Morgan fingerprint density at radius 2 is 2.06 bits per heavy atom. The maximum atomic E-state index is 13.0. The summed E-state index contributed by atoms with van der Waals surface area (Å²) < 4.78 is 13.0. The van der Waals surface area contributed by atoms with Crippen molar-refractivity contribution in [3.63, 3.8) is 0 Å². The smallest absolute Gasteiger partial charge is 0.229 e. The maximum absolute atomic E-state index is 13.0. The van der Waals surface area contributed by atoms with Gasteiger partial charge in [-0.15, -0.1) is 0 Å². The fourth-order valence-corrected chi connectivity index (χ4v) is 2.04. The zero-order chi connectivity index (χ0) is 11.7. The molecule has 0 radical (unpaired) electrons. The van der Waals surface area contributed by atoms with E-state index in [2.05, 4.69) is 0 Å². The first-order valence-corrected chi connectivity index (χ1v) is 5.47. The van der Waals surface area contributed by atoms with Crippen LogP contribution >= 0.6 is 0 Å². The molecule has 0 unspecified atom stereocenters. The lowest BCUT2D eigenvalue weighted by Crippen LogP contribution is -2.56. The van der Waals surface area contributed by atoms with Crippen LogP contribution in [0.15, 0.2) is 11.9 Å². The van der Waals surface area contributed by atoms with Gasteiger partial charge in [0.05, 0.1) is 12.5 Å². The van der Waals surface area contributed by atoms with Crippen LogP contribution in [0.4, 0.5) is 4.39 Å². The molecular formula is C11H15FN2O2. The van der Waals surface area contributed by atoms with E-state index < -0.39 is 0 Å². The van der Waals surface area contributed by atoms with Crippen LogP contribution in [0.25, 0.3) is 0 Å². The number of amides is 2. The second-order valence-electron chi connectivity index (χ2n) is 4.32. The molecule has 2 amide bonds. The van der Waals surface area contributed by atoms with E-state index in [1.54, 1.807) is 4.90 Å². The molecule has 1 fully saturated rings. The molecule has 0 aromatic carbocycles. The van der Waals surface area contributed by atoms with E-state index in [0.717, 1.165) is 0 Å². The molecule has 0 N–H and O–H groups in total. The Morgan fingerprint density at radius 1 is 1.38 bits per heavy atom. The highest BCUT2D eigenvalue weighted by molar-refractivity contribution is 5.84. The number of halogens is 1. The van der Waals surface area contributed by atoms with E-state index in [-0.39, 0.29) is 30.1 Å². The highest BCUT2D eigenvalue weighted by Crippen LogP contribution is 2.20. The van der Waals surface area contributed by atoms with Gasteiger partial charge in [0.25, 0.3) is 0 Å². The Balaban J connectivity index is 1.86.